The van der Waals surface area contributed by atoms with Crippen molar-refractivity contribution in [1.29, 1.82) is 0 Å². The molecule has 0 radical (unpaired) electrons. The van der Waals surface area contributed by atoms with Gasteiger partial charge < -0.3 is 36.3 Å². The number of β-lactam (4-membered cyclic amide) rings is 1. The van der Waals surface area contributed by atoms with Crippen LogP contribution in [0, 0.1) is 11.7 Å². The van der Waals surface area contributed by atoms with Crippen LogP contribution in [-0.2, 0) is 28.8 Å². The zero-order valence-corrected chi connectivity index (χ0v) is 29.7. The van der Waals surface area contributed by atoms with Gasteiger partial charge in [0, 0.05) is 54.1 Å². The van der Waals surface area contributed by atoms with E-state index in [0.29, 0.717) is 47.4 Å². The molecule has 4 unspecified atom stereocenters. The summed E-state index contributed by atoms with van der Waals surface area (Å²) >= 11 is 3.65. The van der Waals surface area contributed by atoms with Gasteiger partial charge in [0.2, 0.25) is 0 Å². The fraction of sp³-hybridized carbons (Fsp3) is 0.406. The number of carboxylic acids is 2. The molecule has 3 aliphatic heterocycles. The molecule has 2 saturated heterocycles. The smallest absolute Gasteiger partial charge is 0.352 e. The second-order valence-corrected chi connectivity index (χ2v) is 15.8. The number of carboxylic acid groups (broad SMARTS) is 2. The lowest BCUT2D eigenvalue weighted by Crippen LogP contribution is -2.71. The van der Waals surface area contributed by atoms with Crippen molar-refractivity contribution in [2.24, 2.45) is 11.1 Å². The summed E-state index contributed by atoms with van der Waals surface area (Å²) in [6.07, 6.45) is 1.84. The predicted octanol–water partition coefficient (Wildman–Crippen LogP) is 2.03. The van der Waals surface area contributed by atoms with Crippen molar-refractivity contribution in [3.63, 3.8) is 0 Å². The SMILES string of the molecule is CON=C(C(=O)NC1C(=O)N2C(C(=O)O)=C(CSC3(c4ccnc5cc(N6CCNCC6C)c(F)cc45)CC3C(=O)O)CS[C@@H]12)c1csc(N)n1. The van der Waals surface area contributed by atoms with Gasteiger partial charge in [-0.05, 0) is 42.7 Å². The highest BCUT2D eigenvalue weighted by molar-refractivity contribution is 8.01. The van der Waals surface area contributed by atoms with Gasteiger partial charge in [0.15, 0.2) is 10.8 Å². The number of hydrogen-bond acceptors (Lipinski definition) is 14. The number of hydrogen-bond donors (Lipinski definition) is 5. The molecule has 0 spiro atoms. The largest absolute Gasteiger partial charge is 0.481 e. The molecule has 3 aromatic rings. The number of anilines is 2. The number of aliphatic carboxylic acids is 2. The van der Waals surface area contributed by atoms with Crippen molar-refractivity contribution in [2.45, 2.75) is 35.5 Å². The van der Waals surface area contributed by atoms with Crippen LogP contribution in [0.1, 0.15) is 24.6 Å². The first-order valence-corrected chi connectivity index (χ1v) is 18.8. The third kappa shape index (κ3) is 6.14. The molecule has 2 aromatic heterocycles. The van der Waals surface area contributed by atoms with Crippen LogP contribution in [0.15, 0.2) is 46.2 Å². The number of carbonyl (C=O) groups is 4. The molecular formula is C32H33FN8O7S3. The number of aromatic nitrogens is 2. The predicted molar refractivity (Wildman–Crippen MR) is 191 cm³/mol. The zero-order chi connectivity index (χ0) is 36.2. The maximum absolute atomic E-state index is 15.8. The quantitative estimate of drug-likeness (QED) is 0.108. The number of amides is 2. The number of pyridine rings is 1. The highest BCUT2D eigenvalue weighted by Gasteiger charge is 2.61. The van der Waals surface area contributed by atoms with Crippen LogP contribution in [-0.4, -0.2) is 110 Å². The van der Waals surface area contributed by atoms with E-state index in [-0.39, 0.29) is 46.2 Å². The second kappa shape index (κ2) is 13.6. The average Bonchev–Trinajstić information content (AvgIpc) is 3.71. The molecule has 51 heavy (non-hydrogen) atoms. The zero-order valence-electron chi connectivity index (χ0n) is 27.3. The fourth-order valence-corrected chi connectivity index (χ4v) is 10.5. The van der Waals surface area contributed by atoms with Crippen molar-refractivity contribution in [3.05, 3.63) is 58.1 Å². The summed E-state index contributed by atoms with van der Waals surface area (Å²) in [6, 6.07) is 3.86. The molecule has 268 valence electrons. The molecule has 15 nitrogen and oxygen atoms in total. The number of nitrogens with one attached hydrogen (secondary N) is 2. The van der Waals surface area contributed by atoms with Gasteiger partial charge in [-0.3, -0.25) is 24.3 Å². The first kappa shape index (κ1) is 35.0. The molecule has 1 aromatic carbocycles. The Bertz CT molecular complexity index is 2030. The minimum absolute atomic E-state index is 0.0652. The Morgan fingerprint density at radius 2 is 2.12 bits per heavy atom. The van der Waals surface area contributed by atoms with E-state index in [9.17, 15) is 29.4 Å². The van der Waals surface area contributed by atoms with Gasteiger partial charge in [0.25, 0.3) is 11.8 Å². The molecule has 6 N–H and O–H groups in total. The van der Waals surface area contributed by atoms with Gasteiger partial charge in [-0.2, -0.15) is 0 Å². The first-order valence-electron chi connectivity index (χ1n) is 15.9. The van der Waals surface area contributed by atoms with Gasteiger partial charge in [-0.25, -0.2) is 14.2 Å². The fourth-order valence-electron chi connectivity index (χ4n) is 6.92. The van der Waals surface area contributed by atoms with E-state index in [1.165, 1.54) is 42.1 Å². The van der Waals surface area contributed by atoms with Crippen molar-refractivity contribution < 1.29 is 38.6 Å². The molecule has 2 amide bonds. The molecule has 5 atom stereocenters. The van der Waals surface area contributed by atoms with Gasteiger partial charge in [0.05, 0.1) is 21.9 Å². The van der Waals surface area contributed by atoms with Crippen LogP contribution in [0.5, 0.6) is 0 Å². The highest BCUT2D eigenvalue weighted by Crippen LogP contribution is 2.64. The number of thiazole rings is 1. The second-order valence-electron chi connectivity index (χ2n) is 12.5. The molecule has 5 heterocycles. The number of halogens is 1. The number of nitrogens with zero attached hydrogens (tertiary/aromatic N) is 5. The van der Waals surface area contributed by atoms with E-state index >= 15 is 4.39 Å². The van der Waals surface area contributed by atoms with Gasteiger partial charge in [0.1, 0.15) is 35.7 Å². The Labute approximate surface area is 302 Å². The molecular weight excluding hydrogens is 724 g/mol. The van der Waals surface area contributed by atoms with Crippen LogP contribution >= 0.6 is 34.9 Å². The molecule has 0 bridgehead atoms. The van der Waals surface area contributed by atoms with Crippen LogP contribution in [0.2, 0.25) is 0 Å². The van der Waals surface area contributed by atoms with Crippen molar-refractivity contribution in [3.8, 4) is 0 Å². The summed E-state index contributed by atoms with van der Waals surface area (Å²) in [6.45, 7) is 4.07. The number of piperazine rings is 1. The van der Waals surface area contributed by atoms with E-state index in [0.717, 1.165) is 16.2 Å². The Balaban J connectivity index is 1.14. The Morgan fingerprint density at radius 1 is 1.31 bits per heavy atom. The monoisotopic (exact) mass is 756 g/mol. The van der Waals surface area contributed by atoms with E-state index in [2.05, 4.69) is 25.8 Å². The third-order valence-corrected chi connectivity index (χ3v) is 13.2. The maximum atomic E-state index is 15.8. The summed E-state index contributed by atoms with van der Waals surface area (Å²) in [5, 5.41) is 31.6. The number of thioether (sulfide) groups is 2. The normalized spacial score (nSPS) is 26.1. The molecule has 1 aliphatic carbocycles. The third-order valence-electron chi connectivity index (χ3n) is 9.49. The lowest BCUT2D eigenvalue weighted by Gasteiger charge is -2.49. The number of benzene rings is 1. The summed E-state index contributed by atoms with van der Waals surface area (Å²) < 4.78 is 14.8. The summed E-state index contributed by atoms with van der Waals surface area (Å²) in [5.41, 5.74) is 7.47. The standard InChI is InChI=1S/C32H33FN8O7S3/c1-14-10-35-5-6-40(14)22-8-20-16(7-19(22)33)17(3-4-36-20)32(9-18(32)29(44)45)51-12-15-11-49-28-24(27(43)41(28)25(15)30(46)47)38-26(42)23(39-48-2)21-13-50-31(34)37-21/h3-4,7-8,13-14,18,24,28,35H,5-6,9-12H2,1-2H3,(H2,34,37)(H,38,42)(H,44,45)(H,46,47)/t14?,18?,24?,28-,32?/m0/s1. The molecule has 1 saturated carbocycles. The highest BCUT2D eigenvalue weighted by atomic mass is 32.2. The van der Waals surface area contributed by atoms with E-state index in [4.69, 9.17) is 10.6 Å². The summed E-state index contributed by atoms with van der Waals surface area (Å²) in [4.78, 5) is 68.0. The van der Waals surface area contributed by atoms with Crippen LogP contribution in [0.3, 0.4) is 0 Å². The minimum atomic E-state index is -1.32. The van der Waals surface area contributed by atoms with Crippen molar-refractivity contribution in [1.82, 2.24) is 25.5 Å². The summed E-state index contributed by atoms with van der Waals surface area (Å²) in [7, 11) is 1.25. The number of carbonyl (C=O) groups excluding carboxylic acids is 2. The van der Waals surface area contributed by atoms with Crippen LogP contribution in [0.25, 0.3) is 10.9 Å². The molecule has 3 fully saturated rings. The van der Waals surface area contributed by atoms with E-state index in [1.807, 2.05) is 11.8 Å². The van der Waals surface area contributed by atoms with Crippen LogP contribution in [0.4, 0.5) is 15.2 Å². The maximum Gasteiger partial charge on any atom is 0.352 e. The topological polar surface area (TPSA) is 213 Å². The van der Waals surface area contributed by atoms with Crippen molar-refractivity contribution in [2.75, 3.05) is 48.9 Å². The number of nitrogens with two attached hydrogens (primary N) is 1. The summed E-state index contributed by atoms with van der Waals surface area (Å²) in [5.74, 6) is -4.62. The lowest BCUT2D eigenvalue weighted by atomic mass is 10.0. The van der Waals surface area contributed by atoms with Gasteiger partial charge >= 0.3 is 11.9 Å². The average molecular weight is 757 g/mol. The molecule has 7 rings (SSSR count). The van der Waals surface area contributed by atoms with Crippen LogP contribution < -0.4 is 21.3 Å². The Morgan fingerprint density at radius 3 is 2.78 bits per heavy atom. The number of oxime groups is 1. The van der Waals surface area contributed by atoms with E-state index < -0.39 is 51.7 Å². The van der Waals surface area contributed by atoms with Gasteiger partial charge in [-0.1, -0.05) is 5.16 Å². The number of rotatable bonds is 11. The number of fused-ring (bicyclic) bond motifs is 2. The molecule has 4 aliphatic rings. The lowest BCUT2D eigenvalue weighted by molar-refractivity contribution is -0.150. The Kier molecular flexibility index (Phi) is 9.32. The first-order chi connectivity index (χ1) is 24.4. The Hall–Kier alpha value is -4.46. The van der Waals surface area contributed by atoms with E-state index in [1.54, 1.807) is 18.3 Å². The minimum Gasteiger partial charge on any atom is -0.481 e. The molecule has 19 heteroatoms. The number of nitrogen functional groups attached to an aromatic ring is 1. The van der Waals surface area contributed by atoms with Crippen molar-refractivity contribution >= 4 is 86.0 Å². The van der Waals surface area contributed by atoms with Gasteiger partial charge in [-0.15, -0.1) is 34.9 Å².